The normalized spacial score (nSPS) is 10.7. The maximum Gasteiger partial charge on any atom is 0.270 e. The molecule has 0 aliphatic carbocycles. The predicted octanol–water partition coefficient (Wildman–Crippen LogP) is 5.51. The first kappa shape index (κ1) is 26.3. The summed E-state index contributed by atoms with van der Waals surface area (Å²) in [6, 6.07) is 13.2. The number of nitro groups is 1. The van der Waals surface area contributed by atoms with Gasteiger partial charge in [-0.25, -0.2) is 9.82 Å². The van der Waals surface area contributed by atoms with Crippen LogP contribution in [0.5, 0.6) is 0 Å². The third-order valence-corrected chi connectivity index (χ3v) is 4.85. The van der Waals surface area contributed by atoms with E-state index in [2.05, 4.69) is 30.8 Å². The zero-order valence-electron chi connectivity index (χ0n) is 18.8. The Bertz CT molecular complexity index is 1400. The molecule has 2 N–H and O–H groups in total. The zero-order chi connectivity index (χ0) is 24.9. The fraction of sp³-hybridized carbons (Fsp3) is 0.0909. The maximum atomic E-state index is 13.2. The van der Waals surface area contributed by atoms with Crippen LogP contribution in [0.2, 0.25) is 5.02 Å². The smallest absolute Gasteiger partial charge is 0.270 e. The molecular formula is C22H19Cl2FN8O3. The summed E-state index contributed by atoms with van der Waals surface area (Å²) in [6.45, 7) is 0. The molecule has 0 saturated carbocycles. The topological polar surface area (TPSA) is 135 Å². The lowest BCUT2D eigenvalue weighted by atomic mass is 10.1. The molecule has 0 amide bonds. The zero-order valence-corrected chi connectivity index (χ0v) is 20.4. The van der Waals surface area contributed by atoms with E-state index in [0.717, 1.165) is 0 Å². The molecule has 4 rings (SSSR count). The molecule has 0 radical (unpaired) electrons. The van der Waals surface area contributed by atoms with Gasteiger partial charge in [-0.1, -0.05) is 11.6 Å². The monoisotopic (exact) mass is 532 g/mol. The number of aromatic nitrogens is 3. The van der Waals surface area contributed by atoms with Gasteiger partial charge in [0.25, 0.3) is 5.69 Å². The lowest BCUT2D eigenvalue weighted by Crippen LogP contribution is -2.15. The highest BCUT2D eigenvalue weighted by molar-refractivity contribution is 6.33. The molecule has 0 spiro atoms. The first-order valence-corrected chi connectivity index (χ1v) is 10.5. The van der Waals surface area contributed by atoms with Crippen molar-refractivity contribution in [2.75, 3.05) is 29.7 Å². The number of nitrogens with one attached hydrogen (secondary N) is 2. The first-order valence-electron chi connectivity index (χ1n) is 10.1. The molecule has 11 nitrogen and oxygen atoms in total. The fourth-order valence-electron chi connectivity index (χ4n) is 2.87. The molecule has 0 bridgehead atoms. The molecule has 0 unspecified atom stereocenters. The minimum Gasteiger partial charge on any atom is -0.455 e. The van der Waals surface area contributed by atoms with Crippen LogP contribution in [0.25, 0.3) is 11.3 Å². The van der Waals surface area contributed by atoms with Gasteiger partial charge in [-0.3, -0.25) is 10.1 Å². The minimum atomic E-state index is -0.523. The van der Waals surface area contributed by atoms with E-state index >= 15 is 0 Å². The van der Waals surface area contributed by atoms with Crippen molar-refractivity contribution < 1.29 is 13.7 Å². The van der Waals surface area contributed by atoms with E-state index < -0.39 is 4.92 Å². The molecule has 14 heteroatoms. The lowest BCUT2D eigenvalue weighted by Gasteiger charge is -2.13. The van der Waals surface area contributed by atoms with E-state index in [1.807, 2.05) is 0 Å². The summed E-state index contributed by atoms with van der Waals surface area (Å²) in [5.41, 5.74) is 3.72. The van der Waals surface area contributed by atoms with E-state index in [-0.39, 0.29) is 40.8 Å². The Kier molecular flexibility index (Phi) is 8.35. The van der Waals surface area contributed by atoms with Crippen LogP contribution in [0.15, 0.2) is 64.1 Å². The van der Waals surface area contributed by atoms with E-state index in [9.17, 15) is 14.5 Å². The second kappa shape index (κ2) is 11.4. The Morgan fingerprint density at radius 3 is 2.47 bits per heavy atom. The fourth-order valence-corrected chi connectivity index (χ4v) is 3.14. The Morgan fingerprint density at radius 1 is 1.08 bits per heavy atom. The van der Waals surface area contributed by atoms with Crippen LogP contribution in [0.1, 0.15) is 5.76 Å². The van der Waals surface area contributed by atoms with Crippen LogP contribution in [0.3, 0.4) is 0 Å². The highest BCUT2D eigenvalue weighted by atomic mass is 35.5. The highest BCUT2D eigenvalue weighted by Gasteiger charge is 2.13. The largest absolute Gasteiger partial charge is 0.455 e. The summed E-state index contributed by atoms with van der Waals surface area (Å²) in [7, 11) is 3.55. The van der Waals surface area contributed by atoms with Crippen molar-refractivity contribution in [3.8, 4) is 11.3 Å². The predicted molar refractivity (Wildman–Crippen MR) is 138 cm³/mol. The van der Waals surface area contributed by atoms with E-state index in [4.69, 9.17) is 16.0 Å². The van der Waals surface area contributed by atoms with Crippen molar-refractivity contribution in [2.24, 2.45) is 5.10 Å². The summed E-state index contributed by atoms with van der Waals surface area (Å²) in [5, 5.41) is 18.2. The molecule has 2 heterocycles. The number of nitro benzene ring substituents is 1. The van der Waals surface area contributed by atoms with Gasteiger partial charge >= 0.3 is 0 Å². The molecule has 186 valence electrons. The number of anilines is 4. The number of benzene rings is 2. The molecule has 36 heavy (non-hydrogen) atoms. The molecule has 0 aliphatic heterocycles. The Morgan fingerprint density at radius 2 is 1.81 bits per heavy atom. The summed E-state index contributed by atoms with van der Waals surface area (Å²) in [4.78, 5) is 24.9. The second-order valence-electron chi connectivity index (χ2n) is 7.30. The van der Waals surface area contributed by atoms with Crippen LogP contribution in [0.4, 0.5) is 33.6 Å². The number of rotatable bonds is 8. The van der Waals surface area contributed by atoms with Crippen LogP contribution in [0, 0.1) is 15.9 Å². The third-order valence-electron chi connectivity index (χ3n) is 4.54. The molecule has 2 aromatic carbocycles. The van der Waals surface area contributed by atoms with Crippen molar-refractivity contribution in [3.05, 3.63) is 81.3 Å². The molecule has 0 saturated heterocycles. The van der Waals surface area contributed by atoms with E-state index in [0.29, 0.717) is 28.7 Å². The molecule has 4 aromatic rings. The number of nitrogens with zero attached hydrogens (tertiary/aromatic N) is 6. The Balaban J connectivity index is 0.00000361. The number of hydrogen-bond donors (Lipinski definition) is 2. The van der Waals surface area contributed by atoms with E-state index in [1.165, 1.54) is 36.5 Å². The average molecular weight is 533 g/mol. The van der Waals surface area contributed by atoms with Gasteiger partial charge in [-0.05, 0) is 42.5 Å². The highest BCUT2D eigenvalue weighted by Crippen LogP contribution is 2.32. The molecule has 2 aromatic heterocycles. The van der Waals surface area contributed by atoms with Gasteiger partial charge in [-0.2, -0.15) is 20.1 Å². The van der Waals surface area contributed by atoms with Crippen LogP contribution < -0.4 is 15.6 Å². The summed E-state index contributed by atoms with van der Waals surface area (Å²) in [5.74, 6) is 1.24. The van der Waals surface area contributed by atoms with Crippen molar-refractivity contribution in [1.29, 1.82) is 0 Å². The average Bonchev–Trinajstić information content (AvgIpc) is 3.29. The third kappa shape index (κ3) is 6.43. The summed E-state index contributed by atoms with van der Waals surface area (Å²) < 4.78 is 18.9. The van der Waals surface area contributed by atoms with Crippen molar-refractivity contribution in [3.63, 3.8) is 0 Å². The first-order chi connectivity index (χ1) is 16.8. The van der Waals surface area contributed by atoms with Crippen LogP contribution in [-0.4, -0.2) is 40.2 Å². The molecule has 0 aliphatic rings. The van der Waals surface area contributed by atoms with Crippen LogP contribution in [-0.2, 0) is 0 Å². The molecule has 0 atom stereocenters. The van der Waals surface area contributed by atoms with Gasteiger partial charge in [0.1, 0.15) is 17.3 Å². The van der Waals surface area contributed by atoms with Gasteiger partial charge < -0.3 is 14.6 Å². The van der Waals surface area contributed by atoms with Gasteiger partial charge in [-0.15, -0.1) is 12.4 Å². The Labute approximate surface area is 215 Å². The van der Waals surface area contributed by atoms with Gasteiger partial charge in [0.05, 0.1) is 16.2 Å². The molecular weight excluding hydrogens is 514 g/mol. The standard InChI is InChI=1S/C22H18ClFN8O3.ClH/c1-31(2)22-28-20(26-14-5-3-13(24)4-6-14)27-21(29-22)30-25-12-16-8-10-19(35-16)17-9-7-15(32(33)34)11-18(17)23;/h3-12H,1-2H3,(H2,26,27,28,29,30);1H/b25-12-;. The van der Waals surface area contributed by atoms with Crippen molar-refractivity contribution in [2.45, 2.75) is 0 Å². The number of halogens is 3. The number of hydrazone groups is 1. The van der Waals surface area contributed by atoms with Gasteiger partial charge in [0, 0.05) is 37.5 Å². The SMILES string of the molecule is CN(C)c1nc(N/N=C\c2ccc(-c3ccc([N+](=O)[O-])cc3Cl)o2)nc(Nc2ccc(F)cc2)n1.Cl. The minimum absolute atomic E-state index is 0. The second-order valence-corrected chi connectivity index (χ2v) is 7.71. The van der Waals surface area contributed by atoms with Crippen molar-refractivity contribution >= 4 is 59.4 Å². The van der Waals surface area contributed by atoms with Gasteiger partial charge in [0.2, 0.25) is 17.8 Å². The summed E-state index contributed by atoms with van der Waals surface area (Å²) in [6.07, 6.45) is 1.41. The van der Waals surface area contributed by atoms with E-state index in [1.54, 1.807) is 43.3 Å². The number of non-ortho nitro benzene ring substituents is 1. The van der Waals surface area contributed by atoms with Crippen molar-refractivity contribution in [1.82, 2.24) is 15.0 Å². The summed E-state index contributed by atoms with van der Waals surface area (Å²) >= 11 is 6.16. The Hall–Kier alpha value is -4.29. The van der Waals surface area contributed by atoms with Crippen LogP contribution >= 0.6 is 24.0 Å². The maximum absolute atomic E-state index is 13.2. The van der Waals surface area contributed by atoms with Gasteiger partial charge in [0.15, 0.2) is 0 Å². The lowest BCUT2D eigenvalue weighted by molar-refractivity contribution is -0.384. The quantitative estimate of drug-likeness (QED) is 0.171. The number of hydrogen-bond acceptors (Lipinski definition) is 10. The number of furan rings is 1. The molecule has 0 fully saturated rings.